The summed E-state index contributed by atoms with van der Waals surface area (Å²) in [5.41, 5.74) is 2.30. The molecule has 0 radical (unpaired) electrons. The normalized spacial score (nSPS) is 21.4. The first-order chi connectivity index (χ1) is 7.60. The van der Waals surface area contributed by atoms with Crippen molar-refractivity contribution in [1.82, 2.24) is 5.32 Å². The fraction of sp³-hybridized carbons (Fsp3) is 0.500. The molecular formula is C14H21NO. The molecule has 1 aliphatic heterocycles. The van der Waals surface area contributed by atoms with E-state index in [4.69, 9.17) is 0 Å². The monoisotopic (exact) mass is 219 g/mol. The van der Waals surface area contributed by atoms with E-state index in [2.05, 4.69) is 11.4 Å². The van der Waals surface area contributed by atoms with Crippen LogP contribution in [0.5, 0.6) is 0 Å². The largest absolute Gasteiger partial charge is 0.375 e. The minimum Gasteiger partial charge on any atom is -0.375 e. The molecule has 1 heterocycles. The Labute approximate surface area is 98.1 Å². The van der Waals surface area contributed by atoms with Crippen molar-refractivity contribution in [1.29, 1.82) is 0 Å². The molecule has 1 N–H and O–H groups in total. The summed E-state index contributed by atoms with van der Waals surface area (Å²) in [4.78, 5) is 11.9. The molecule has 0 aromatic heterocycles. The number of allylic oxidation sites excluding steroid dienone is 4. The maximum atomic E-state index is 11.9. The Hall–Kier alpha value is -1.31. The molecule has 0 saturated heterocycles. The van der Waals surface area contributed by atoms with Crippen LogP contribution in [-0.2, 0) is 4.79 Å². The zero-order chi connectivity index (χ0) is 12.1. The van der Waals surface area contributed by atoms with Crippen LogP contribution in [0.1, 0.15) is 34.1 Å². The Balaban J connectivity index is 2.81. The first-order valence-corrected chi connectivity index (χ1v) is 5.89. The van der Waals surface area contributed by atoms with Gasteiger partial charge in [0.05, 0.1) is 6.04 Å². The van der Waals surface area contributed by atoms with Crippen molar-refractivity contribution in [3.8, 4) is 0 Å². The van der Waals surface area contributed by atoms with Gasteiger partial charge in [-0.05, 0) is 25.5 Å². The molecule has 1 unspecified atom stereocenters. The first kappa shape index (κ1) is 12.8. The first-order valence-electron chi connectivity index (χ1n) is 5.89. The fourth-order valence-corrected chi connectivity index (χ4v) is 1.92. The average molecular weight is 219 g/mol. The van der Waals surface area contributed by atoms with Crippen LogP contribution in [0.2, 0.25) is 0 Å². The maximum absolute atomic E-state index is 11.9. The van der Waals surface area contributed by atoms with Crippen molar-refractivity contribution in [2.45, 2.75) is 40.2 Å². The molecule has 0 aromatic carbocycles. The standard InChI is InChI=1S/C14H21NO/c1-5-7-11-9-13(14(16)10(3)4)15-12(11)8-6-2/h5-8,10,13,15H,9H2,1-4H3/b7-5-,8-6-. The van der Waals surface area contributed by atoms with Crippen LogP contribution < -0.4 is 5.32 Å². The highest BCUT2D eigenvalue weighted by Crippen LogP contribution is 2.23. The Morgan fingerprint density at radius 1 is 1.31 bits per heavy atom. The molecule has 0 aliphatic carbocycles. The topological polar surface area (TPSA) is 29.1 Å². The van der Waals surface area contributed by atoms with Crippen molar-refractivity contribution in [2.24, 2.45) is 5.92 Å². The highest BCUT2D eigenvalue weighted by atomic mass is 16.1. The Morgan fingerprint density at radius 2 is 1.94 bits per heavy atom. The molecule has 0 amide bonds. The molecular weight excluding hydrogens is 198 g/mol. The number of hydrogen-bond acceptors (Lipinski definition) is 2. The van der Waals surface area contributed by atoms with Gasteiger partial charge in [-0.25, -0.2) is 0 Å². The predicted molar refractivity (Wildman–Crippen MR) is 68.0 cm³/mol. The van der Waals surface area contributed by atoms with Gasteiger partial charge in [0.15, 0.2) is 5.78 Å². The van der Waals surface area contributed by atoms with Crippen molar-refractivity contribution in [3.63, 3.8) is 0 Å². The van der Waals surface area contributed by atoms with Crippen LogP contribution in [0, 0.1) is 5.92 Å². The van der Waals surface area contributed by atoms with Gasteiger partial charge in [-0.1, -0.05) is 32.1 Å². The summed E-state index contributed by atoms with van der Waals surface area (Å²) in [7, 11) is 0. The minimum absolute atomic E-state index is 0.0441. The smallest absolute Gasteiger partial charge is 0.157 e. The number of carbonyl (C=O) groups is 1. The van der Waals surface area contributed by atoms with Crippen molar-refractivity contribution in [2.75, 3.05) is 0 Å². The summed E-state index contributed by atoms with van der Waals surface area (Å²) in [5.74, 6) is 0.385. The second-order valence-electron chi connectivity index (χ2n) is 4.40. The summed E-state index contributed by atoms with van der Waals surface area (Å²) >= 11 is 0. The van der Waals surface area contributed by atoms with Gasteiger partial charge < -0.3 is 5.32 Å². The summed E-state index contributed by atoms with van der Waals surface area (Å²) in [5, 5.41) is 3.30. The maximum Gasteiger partial charge on any atom is 0.157 e. The zero-order valence-electron chi connectivity index (χ0n) is 10.6. The van der Waals surface area contributed by atoms with E-state index < -0.39 is 0 Å². The second-order valence-corrected chi connectivity index (χ2v) is 4.40. The predicted octanol–water partition coefficient (Wildman–Crippen LogP) is 2.98. The number of hydrogen-bond donors (Lipinski definition) is 1. The third kappa shape index (κ3) is 2.84. The van der Waals surface area contributed by atoms with E-state index in [1.54, 1.807) is 0 Å². The molecule has 1 atom stereocenters. The van der Waals surface area contributed by atoms with Crippen LogP contribution >= 0.6 is 0 Å². The lowest BCUT2D eigenvalue weighted by Crippen LogP contribution is -2.34. The van der Waals surface area contributed by atoms with Crippen LogP contribution in [0.15, 0.2) is 35.6 Å². The lowest BCUT2D eigenvalue weighted by atomic mass is 9.98. The zero-order valence-corrected chi connectivity index (χ0v) is 10.6. The molecule has 0 bridgehead atoms. The highest BCUT2D eigenvalue weighted by Gasteiger charge is 2.27. The minimum atomic E-state index is -0.0441. The van der Waals surface area contributed by atoms with Gasteiger partial charge >= 0.3 is 0 Å². The summed E-state index contributed by atoms with van der Waals surface area (Å²) < 4.78 is 0. The van der Waals surface area contributed by atoms with E-state index in [-0.39, 0.29) is 12.0 Å². The van der Waals surface area contributed by atoms with Gasteiger partial charge in [0.1, 0.15) is 0 Å². The van der Waals surface area contributed by atoms with Crippen molar-refractivity contribution < 1.29 is 4.79 Å². The quantitative estimate of drug-likeness (QED) is 0.787. The van der Waals surface area contributed by atoms with Gasteiger partial charge in [0.2, 0.25) is 0 Å². The lowest BCUT2D eigenvalue weighted by Gasteiger charge is -2.13. The number of Topliss-reactive ketones (excluding diaryl/α,β-unsaturated/α-hetero) is 1. The summed E-state index contributed by atoms with van der Waals surface area (Å²) in [6.07, 6.45) is 8.93. The molecule has 1 aliphatic rings. The molecule has 16 heavy (non-hydrogen) atoms. The lowest BCUT2D eigenvalue weighted by molar-refractivity contribution is -0.123. The molecule has 88 valence electrons. The van der Waals surface area contributed by atoms with Gasteiger partial charge in [-0.2, -0.15) is 0 Å². The SMILES string of the molecule is C/C=C\C1=C(/C=C\C)NC(C(=O)C(C)C)C1. The van der Waals surface area contributed by atoms with E-state index in [0.717, 1.165) is 12.1 Å². The van der Waals surface area contributed by atoms with E-state index in [1.165, 1.54) is 5.57 Å². The van der Waals surface area contributed by atoms with Gasteiger partial charge in [-0.15, -0.1) is 0 Å². The summed E-state index contributed by atoms with van der Waals surface area (Å²) in [6, 6.07) is -0.0441. The van der Waals surface area contributed by atoms with Gasteiger partial charge in [-0.3, -0.25) is 4.79 Å². The van der Waals surface area contributed by atoms with Crippen molar-refractivity contribution >= 4 is 5.78 Å². The Kier molecular flexibility index (Phi) is 4.53. The average Bonchev–Trinajstić information content (AvgIpc) is 2.62. The van der Waals surface area contributed by atoms with Crippen LogP contribution in [0.4, 0.5) is 0 Å². The van der Waals surface area contributed by atoms with Crippen LogP contribution in [0.25, 0.3) is 0 Å². The van der Waals surface area contributed by atoms with Crippen LogP contribution in [0.3, 0.4) is 0 Å². The molecule has 0 fully saturated rings. The number of carbonyl (C=O) groups excluding carboxylic acids is 1. The van der Waals surface area contributed by atoms with E-state index in [9.17, 15) is 4.79 Å². The van der Waals surface area contributed by atoms with E-state index in [0.29, 0.717) is 5.78 Å². The third-order valence-electron chi connectivity index (χ3n) is 2.71. The summed E-state index contributed by atoms with van der Waals surface area (Å²) in [6.45, 7) is 7.89. The molecule has 0 aromatic rings. The molecule has 2 heteroatoms. The van der Waals surface area contributed by atoms with Crippen molar-refractivity contribution in [3.05, 3.63) is 35.6 Å². The fourth-order valence-electron chi connectivity index (χ4n) is 1.92. The van der Waals surface area contributed by atoms with E-state index >= 15 is 0 Å². The number of rotatable bonds is 4. The molecule has 0 spiro atoms. The molecule has 1 rings (SSSR count). The van der Waals surface area contributed by atoms with Gasteiger partial charge in [0.25, 0.3) is 0 Å². The van der Waals surface area contributed by atoms with E-state index in [1.807, 2.05) is 45.9 Å². The molecule has 2 nitrogen and oxygen atoms in total. The highest BCUT2D eigenvalue weighted by molar-refractivity contribution is 5.87. The Morgan fingerprint density at radius 3 is 2.44 bits per heavy atom. The Bertz CT molecular complexity index is 324. The van der Waals surface area contributed by atoms with Crippen LogP contribution in [-0.4, -0.2) is 11.8 Å². The van der Waals surface area contributed by atoms with Gasteiger partial charge in [0, 0.05) is 18.0 Å². The molecule has 0 saturated carbocycles. The number of nitrogens with one attached hydrogen (secondary N) is 1. The third-order valence-corrected chi connectivity index (χ3v) is 2.71. The number of ketones is 1. The second kappa shape index (κ2) is 5.69.